The molecule has 30 heavy (non-hydrogen) atoms. The molecule has 0 spiro atoms. The molecule has 1 aromatic carbocycles. The Hall–Kier alpha value is -1.67. The highest BCUT2D eigenvalue weighted by atomic mass is 32.2. The number of nitro benzene ring substituents is 1. The lowest BCUT2D eigenvalue weighted by atomic mass is 10.0. The van der Waals surface area contributed by atoms with Gasteiger partial charge >= 0.3 is 5.69 Å². The number of ether oxygens (including phenoxy) is 1. The van der Waals surface area contributed by atoms with E-state index in [0.717, 1.165) is 25.3 Å². The predicted molar refractivity (Wildman–Crippen MR) is 120 cm³/mol. The molecule has 0 saturated heterocycles. The summed E-state index contributed by atoms with van der Waals surface area (Å²) in [5.41, 5.74) is -0.383. The van der Waals surface area contributed by atoms with Gasteiger partial charge in [-0.1, -0.05) is 90.4 Å². The Kier molecular flexibility index (Phi) is 13.3. The number of hydrogen-bond acceptors (Lipinski definition) is 5. The molecule has 172 valence electrons. The third-order valence-corrected chi connectivity index (χ3v) is 6.12. The van der Waals surface area contributed by atoms with Crippen LogP contribution in [0, 0.1) is 10.1 Å². The average molecular weight is 443 g/mol. The number of hydrogen-bond donors (Lipinski definition) is 1. The van der Waals surface area contributed by atoms with Crippen molar-refractivity contribution in [2.24, 2.45) is 5.14 Å². The smallest absolute Gasteiger partial charge is 0.312 e. The van der Waals surface area contributed by atoms with E-state index in [9.17, 15) is 18.5 Å². The molecule has 0 aliphatic carbocycles. The summed E-state index contributed by atoms with van der Waals surface area (Å²) in [5.74, 6) is 0.0714. The van der Waals surface area contributed by atoms with E-state index in [1.54, 1.807) is 0 Å². The summed E-state index contributed by atoms with van der Waals surface area (Å²) in [4.78, 5) is 10.2. The Labute approximate surface area is 181 Å². The Morgan fingerprint density at radius 2 is 1.33 bits per heavy atom. The zero-order chi connectivity index (χ0) is 22.2. The summed E-state index contributed by atoms with van der Waals surface area (Å²) in [6.45, 7) is 2.62. The fourth-order valence-electron chi connectivity index (χ4n) is 3.42. The Morgan fingerprint density at radius 3 is 1.77 bits per heavy atom. The first-order valence-corrected chi connectivity index (χ1v) is 12.8. The van der Waals surface area contributed by atoms with Crippen molar-refractivity contribution in [2.45, 2.75) is 102 Å². The molecular weight excluding hydrogens is 404 g/mol. The number of nitro groups is 1. The van der Waals surface area contributed by atoms with Crippen LogP contribution in [0.25, 0.3) is 0 Å². The van der Waals surface area contributed by atoms with E-state index >= 15 is 0 Å². The molecule has 0 unspecified atom stereocenters. The standard InChI is InChI=1S/C22H38N2O5S/c1-2-3-4-5-6-7-8-9-10-11-12-13-14-15-18-29-22-17-16-20(30(23,27)28)19-21(22)24(25)26/h16-17,19H,2-15,18H2,1H3,(H2,23,27,28). The van der Waals surface area contributed by atoms with Crippen LogP contribution in [0.1, 0.15) is 96.8 Å². The molecule has 0 amide bonds. The predicted octanol–water partition coefficient (Wildman–Crippen LogP) is 6.10. The Balaban J connectivity index is 2.10. The van der Waals surface area contributed by atoms with E-state index in [1.807, 2.05) is 0 Å². The summed E-state index contributed by atoms with van der Waals surface area (Å²) < 4.78 is 28.2. The maximum absolute atomic E-state index is 11.3. The van der Waals surface area contributed by atoms with Gasteiger partial charge < -0.3 is 4.74 Å². The summed E-state index contributed by atoms with van der Waals surface area (Å²) in [6, 6.07) is 3.46. The van der Waals surface area contributed by atoms with Gasteiger partial charge in [0.2, 0.25) is 10.0 Å². The van der Waals surface area contributed by atoms with Crippen molar-refractivity contribution in [3.05, 3.63) is 28.3 Å². The van der Waals surface area contributed by atoms with Crippen molar-refractivity contribution in [1.82, 2.24) is 0 Å². The van der Waals surface area contributed by atoms with Gasteiger partial charge in [0.1, 0.15) is 0 Å². The van der Waals surface area contributed by atoms with Crippen LogP contribution in [0.2, 0.25) is 0 Å². The second-order valence-corrected chi connectivity index (χ2v) is 9.44. The Bertz CT molecular complexity index is 722. The van der Waals surface area contributed by atoms with Gasteiger partial charge in [-0.25, -0.2) is 13.6 Å². The molecule has 8 heteroatoms. The van der Waals surface area contributed by atoms with Crippen molar-refractivity contribution in [1.29, 1.82) is 0 Å². The van der Waals surface area contributed by atoms with E-state index in [2.05, 4.69) is 6.92 Å². The van der Waals surface area contributed by atoms with E-state index in [-0.39, 0.29) is 16.3 Å². The molecule has 0 saturated carbocycles. The van der Waals surface area contributed by atoms with Crippen LogP contribution in [-0.2, 0) is 10.0 Å². The molecule has 2 N–H and O–H groups in total. The SMILES string of the molecule is CCCCCCCCCCCCCCCCOc1ccc(S(N)(=O)=O)cc1[N+](=O)[O-]. The fraction of sp³-hybridized carbons (Fsp3) is 0.727. The highest BCUT2D eigenvalue weighted by Gasteiger charge is 2.20. The van der Waals surface area contributed by atoms with Gasteiger partial charge in [-0.15, -0.1) is 0 Å². The molecule has 0 fully saturated rings. The van der Waals surface area contributed by atoms with Crippen LogP contribution in [0.3, 0.4) is 0 Å². The van der Waals surface area contributed by atoms with Crippen molar-refractivity contribution in [3.8, 4) is 5.75 Å². The molecule has 7 nitrogen and oxygen atoms in total. The maximum atomic E-state index is 11.3. The number of nitrogens with zero attached hydrogens (tertiary/aromatic N) is 1. The minimum Gasteiger partial charge on any atom is -0.487 e. The minimum absolute atomic E-state index is 0.0714. The van der Waals surface area contributed by atoms with Crippen LogP contribution in [0.4, 0.5) is 5.69 Å². The first-order chi connectivity index (χ1) is 14.4. The minimum atomic E-state index is -3.99. The first-order valence-electron chi connectivity index (χ1n) is 11.3. The molecule has 0 aromatic heterocycles. The van der Waals surface area contributed by atoms with Crippen LogP contribution >= 0.6 is 0 Å². The lowest BCUT2D eigenvalue weighted by molar-refractivity contribution is -0.386. The van der Waals surface area contributed by atoms with Crippen LogP contribution in [0.5, 0.6) is 5.75 Å². The van der Waals surface area contributed by atoms with Crippen molar-refractivity contribution >= 4 is 15.7 Å². The molecule has 0 aliphatic heterocycles. The average Bonchev–Trinajstić information content (AvgIpc) is 2.70. The number of benzene rings is 1. The largest absolute Gasteiger partial charge is 0.487 e. The van der Waals surface area contributed by atoms with Gasteiger partial charge in [-0.3, -0.25) is 10.1 Å². The van der Waals surface area contributed by atoms with Gasteiger partial charge in [-0.2, -0.15) is 0 Å². The number of rotatable bonds is 18. The number of unbranched alkanes of at least 4 members (excludes halogenated alkanes) is 13. The lowest BCUT2D eigenvalue weighted by Crippen LogP contribution is -2.12. The molecule has 0 heterocycles. The van der Waals surface area contributed by atoms with Crippen molar-refractivity contribution in [3.63, 3.8) is 0 Å². The van der Waals surface area contributed by atoms with Crippen molar-refractivity contribution < 1.29 is 18.1 Å². The molecule has 0 aliphatic rings. The quantitative estimate of drug-likeness (QED) is 0.168. The van der Waals surface area contributed by atoms with E-state index in [0.29, 0.717) is 6.61 Å². The van der Waals surface area contributed by atoms with Gasteiger partial charge in [0, 0.05) is 6.07 Å². The van der Waals surface area contributed by atoms with Crippen LogP contribution in [0.15, 0.2) is 23.1 Å². The zero-order valence-electron chi connectivity index (χ0n) is 18.3. The molecule has 1 aromatic rings. The monoisotopic (exact) mass is 442 g/mol. The van der Waals surface area contributed by atoms with Gasteiger partial charge in [0.15, 0.2) is 5.75 Å². The molecule has 0 bridgehead atoms. The summed E-state index contributed by atoms with van der Waals surface area (Å²) in [6.07, 6.45) is 17.6. The lowest BCUT2D eigenvalue weighted by Gasteiger charge is -2.08. The summed E-state index contributed by atoms with van der Waals surface area (Å²) in [7, 11) is -3.99. The second-order valence-electron chi connectivity index (χ2n) is 7.88. The summed E-state index contributed by atoms with van der Waals surface area (Å²) in [5, 5.41) is 16.2. The second kappa shape index (κ2) is 15.2. The third kappa shape index (κ3) is 11.5. The normalized spacial score (nSPS) is 11.5. The molecule has 0 atom stereocenters. The zero-order valence-corrected chi connectivity index (χ0v) is 19.1. The summed E-state index contributed by atoms with van der Waals surface area (Å²) >= 11 is 0. The molecule has 0 radical (unpaired) electrons. The molecule has 1 rings (SSSR count). The van der Waals surface area contributed by atoms with Crippen LogP contribution in [-0.4, -0.2) is 19.9 Å². The number of nitrogens with two attached hydrogens (primary N) is 1. The van der Waals surface area contributed by atoms with E-state index in [4.69, 9.17) is 9.88 Å². The number of primary sulfonamides is 1. The maximum Gasteiger partial charge on any atom is 0.312 e. The topological polar surface area (TPSA) is 113 Å². The number of sulfonamides is 1. The van der Waals surface area contributed by atoms with Crippen molar-refractivity contribution in [2.75, 3.05) is 6.61 Å². The molecular formula is C22H38N2O5S. The first kappa shape index (κ1) is 26.4. The van der Waals surface area contributed by atoms with E-state index < -0.39 is 14.9 Å². The van der Waals surface area contributed by atoms with Gasteiger partial charge in [0.05, 0.1) is 16.4 Å². The van der Waals surface area contributed by atoms with Gasteiger partial charge in [0.25, 0.3) is 0 Å². The van der Waals surface area contributed by atoms with Crippen LogP contribution < -0.4 is 9.88 Å². The Morgan fingerprint density at radius 1 is 0.867 bits per heavy atom. The third-order valence-electron chi connectivity index (χ3n) is 5.21. The van der Waals surface area contributed by atoms with Gasteiger partial charge in [-0.05, 0) is 18.6 Å². The fourth-order valence-corrected chi connectivity index (χ4v) is 3.95. The highest BCUT2D eigenvalue weighted by molar-refractivity contribution is 7.89. The van der Waals surface area contributed by atoms with E-state index in [1.165, 1.54) is 82.8 Å². The highest BCUT2D eigenvalue weighted by Crippen LogP contribution is 2.29.